The van der Waals surface area contributed by atoms with Crippen LogP contribution >= 0.6 is 40.7 Å². The molecule has 0 saturated heterocycles. The maximum atomic E-state index is 6.03. The van der Waals surface area contributed by atoms with Gasteiger partial charge in [0, 0.05) is 23.1 Å². The van der Waals surface area contributed by atoms with Crippen LogP contribution in [0, 0.1) is 5.92 Å². The van der Waals surface area contributed by atoms with Crippen molar-refractivity contribution in [3.8, 4) is 0 Å². The van der Waals surface area contributed by atoms with E-state index in [-0.39, 0.29) is 30.9 Å². The standard InChI is InChI=1S/C12H15BrN2.2ClH/c13-12(7-1-2-7)8-3-4-11-9(5-8)10(14)6-15-11;;/h3-5,7,10,12,15H,1-2,6,14H2;2*1H. The Morgan fingerprint density at radius 1 is 1.29 bits per heavy atom. The average molecular weight is 340 g/mol. The first-order valence-corrected chi connectivity index (χ1v) is 6.44. The quantitative estimate of drug-likeness (QED) is 0.804. The van der Waals surface area contributed by atoms with Gasteiger partial charge in [-0.2, -0.15) is 0 Å². The van der Waals surface area contributed by atoms with E-state index < -0.39 is 0 Å². The van der Waals surface area contributed by atoms with Crippen LogP contribution in [0.4, 0.5) is 5.69 Å². The van der Waals surface area contributed by atoms with Crippen molar-refractivity contribution in [3.63, 3.8) is 0 Å². The molecule has 0 aromatic heterocycles. The van der Waals surface area contributed by atoms with Gasteiger partial charge in [-0.25, -0.2) is 0 Å². The molecule has 2 atom stereocenters. The topological polar surface area (TPSA) is 38.0 Å². The SMILES string of the molecule is Cl.Cl.NC1CNc2ccc(C(Br)C3CC3)cc21. The molecule has 0 bridgehead atoms. The molecular formula is C12H17BrCl2N2. The summed E-state index contributed by atoms with van der Waals surface area (Å²) in [5.74, 6) is 0.841. The highest BCUT2D eigenvalue weighted by molar-refractivity contribution is 9.09. The highest BCUT2D eigenvalue weighted by Crippen LogP contribution is 2.47. The lowest BCUT2D eigenvalue weighted by atomic mass is 10.0. The van der Waals surface area contributed by atoms with Gasteiger partial charge in [0.05, 0.1) is 0 Å². The van der Waals surface area contributed by atoms with Crippen molar-refractivity contribution in [2.24, 2.45) is 11.7 Å². The zero-order chi connectivity index (χ0) is 10.4. The summed E-state index contributed by atoms with van der Waals surface area (Å²) in [4.78, 5) is 0.524. The third kappa shape index (κ3) is 2.90. The van der Waals surface area contributed by atoms with E-state index in [4.69, 9.17) is 5.73 Å². The molecule has 3 N–H and O–H groups in total. The molecule has 1 saturated carbocycles. The van der Waals surface area contributed by atoms with Crippen LogP contribution in [-0.2, 0) is 0 Å². The number of nitrogens with two attached hydrogens (primary N) is 1. The van der Waals surface area contributed by atoms with E-state index in [1.54, 1.807) is 0 Å². The van der Waals surface area contributed by atoms with Crippen molar-refractivity contribution in [3.05, 3.63) is 29.3 Å². The van der Waals surface area contributed by atoms with Crippen LogP contribution in [0.25, 0.3) is 0 Å². The van der Waals surface area contributed by atoms with Crippen molar-refractivity contribution in [2.75, 3.05) is 11.9 Å². The molecule has 0 amide bonds. The summed E-state index contributed by atoms with van der Waals surface area (Å²) in [5.41, 5.74) is 9.90. The maximum absolute atomic E-state index is 6.03. The van der Waals surface area contributed by atoms with E-state index in [1.165, 1.54) is 29.7 Å². The minimum absolute atomic E-state index is 0. The van der Waals surface area contributed by atoms with Gasteiger partial charge in [0.15, 0.2) is 0 Å². The van der Waals surface area contributed by atoms with E-state index in [2.05, 4.69) is 39.4 Å². The Labute approximate surface area is 123 Å². The van der Waals surface area contributed by atoms with Crippen LogP contribution < -0.4 is 11.1 Å². The predicted molar refractivity (Wildman–Crippen MR) is 80.7 cm³/mol. The van der Waals surface area contributed by atoms with Crippen molar-refractivity contribution in [1.29, 1.82) is 0 Å². The molecule has 1 aromatic carbocycles. The molecule has 17 heavy (non-hydrogen) atoms. The van der Waals surface area contributed by atoms with Crippen LogP contribution in [0.2, 0.25) is 0 Å². The minimum Gasteiger partial charge on any atom is -0.383 e. The summed E-state index contributed by atoms with van der Waals surface area (Å²) < 4.78 is 0. The van der Waals surface area contributed by atoms with Gasteiger partial charge in [-0.05, 0) is 36.0 Å². The molecule has 2 aliphatic rings. The first kappa shape index (κ1) is 15.1. The van der Waals surface area contributed by atoms with Crippen LogP contribution in [0.15, 0.2) is 18.2 Å². The summed E-state index contributed by atoms with van der Waals surface area (Å²) in [6.45, 7) is 0.870. The molecule has 0 radical (unpaired) electrons. The van der Waals surface area contributed by atoms with Crippen LogP contribution in [-0.4, -0.2) is 6.54 Å². The summed E-state index contributed by atoms with van der Waals surface area (Å²) in [7, 11) is 0. The fraction of sp³-hybridized carbons (Fsp3) is 0.500. The molecule has 0 spiro atoms. The molecular weight excluding hydrogens is 323 g/mol. The molecule has 1 heterocycles. The lowest BCUT2D eigenvalue weighted by Gasteiger charge is -2.11. The summed E-state index contributed by atoms with van der Waals surface area (Å²) in [5, 5.41) is 3.32. The van der Waals surface area contributed by atoms with Gasteiger partial charge < -0.3 is 11.1 Å². The number of hydrogen-bond donors (Lipinski definition) is 2. The maximum Gasteiger partial charge on any atom is 0.0491 e. The second-order valence-corrected chi connectivity index (χ2v) is 5.56. The second kappa shape index (κ2) is 5.79. The first-order valence-electron chi connectivity index (χ1n) is 5.53. The van der Waals surface area contributed by atoms with E-state index in [1.807, 2.05) is 0 Å². The zero-order valence-electron chi connectivity index (χ0n) is 9.36. The number of alkyl halides is 1. The molecule has 1 fully saturated rings. The van der Waals surface area contributed by atoms with Gasteiger partial charge in [0.25, 0.3) is 0 Å². The average Bonchev–Trinajstić information content (AvgIpc) is 3.04. The summed E-state index contributed by atoms with van der Waals surface area (Å²) in [6.07, 6.45) is 2.72. The van der Waals surface area contributed by atoms with Gasteiger partial charge in [0.1, 0.15) is 0 Å². The number of hydrogen-bond acceptors (Lipinski definition) is 2. The Hall–Kier alpha value is 0.0400. The van der Waals surface area contributed by atoms with Gasteiger partial charge in [-0.1, -0.05) is 28.1 Å². The molecule has 1 aliphatic heterocycles. The third-order valence-corrected chi connectivity index (χ3v) is 4.62. The van der Waals surface area contributed by atoms with Gasteiger partial charge in [-0.15, -0.1) is 24.8 Å². The Bertz CT molecular complexity index is 396. The Morgan fingerprint density at radius 2 is 2.00 bits per heavy atom. The highest BCUT2D eigenvalue weighted by atomic mass is 79.9. The largest absolute Gasteiger partial charge is 0.383 e. The summed E-state index contributed by atoms with van der Waals surface area (Å²) in [6, 6.07) is 6.80. The van der Waals surface area contributed by atoms with E-state index >= 15 is 0 Å². The van der Waals surface area contributed by atoms with E-state index in [0.717, 1.165) is 12.5 Å². The van der Waals surface area contributed by atoms with Crippen molar-refractivity contribution in [2.45, 2.75) is 23.7 Å². The van der Waals surface area contributed by atoms with Crippen LogP contribution in [0.3, 0.4) is 0 Å². The Balaban J connectivity index is 0.000000722. The van der Waals surface area contributed by atoms with Gasteiger partial charge in [-0.3, -0.25) is 0 Å². The van der Waals surface area contributed by atoms with Crippen LogP contribution in [0.1, 0.15) is 34.8 Å². The molecule has 3 rings (SSSR count). The van der Waals surface area contributed by atoms with Gasteiger partial charge in [0.2, 0.25) is 0 Å². The molecule has 2 unspecified atom stereocenters. The molecule has 96 valence electrons. The number of anilines is 1. The second-order valence-electron chi connectivity index (χ2n) is 4.57. The van der Waals surface area contributed by atoms with Gasteiger partial charge >= 0.3 is 0 Å². The fourth-order valence-corrected chi connectivity index (χ4v) is 3.02. The Morgan fingerprint density at radius 3 is 2.65 bits per heavy atom. The van der Waals surface area contributed by atoms with Crippen LogP contribution in [0.5, 0.6) is 0 Å². The predicted octanol–water partition coefficient (Wildman–Crippen LogP) is 3.80. The first-order chi connectivity index (χ1) is 7.25. The molecule has 2 nitrogen and oxygen atoms in total. The number of nitrogens with one attached hydrogen (secondary N) is 1. The summed E-state index contributed by atoms with van der Waals surface area (Å²) >= 11 is 3.78. The van der Waals surface area contributed by atoms with E-state index in [0.29, 0.717) is 4.83 Å². The normalized spacial score (nSPS) is 22.8. The molecule has 1 aromatic rings. The number of fused-ring (bicyclic) bond motifs is 1. The monoisotopic (exact) mass is 338 g/mol. The molecule has 1 aliphatic carbocycles. The smallest absolute Gasteiger partial charge is 0.0491 e. The minimum atomic E-state index is 0. The highest BCUT2D eigenvalue weighted by Gasteiger charge is 2.31. The van der Waals surface area contributed by atoms with Crippen molar-refractivity contribution < 1.29 is 0 Å². The number of halogens is 3. The molecule has 5 heteroatoms. The van der Waals surface area contributed by atoms with E-state index in [9.17, 15) is 0 Å². The Kier molecular flexibility index (Phi) is 5.14. The number of rotatable bonds is 2. The number of benzene rings is 1. The van der Waals surface area contributed by atoms with Crippen molar-refractivity contribution >= 4 is 46.4 Å². The van der Waals surface area contributed by atoms with Crippen molar-refractivity contribution in [1.82, 2.24) is 0 Å². The zero-order valence-corrected chi connectivity index (χ0v) is 12.6. The third-order valence-electron chi connectivity index (χ3n) is 3.34. The lowest BCUT2D eigenvalue weighted by Crippen LogP contribution is -2.11. The lowest BCUT2D eigenvalue weighted by molar-refractivity contribution is 0.794. The fourth-order valence-electron chi connectivity index (χ4n) is 2.21.